The van der Waals surface area contributed by atoms with Crippen LogP contribution < -0.4 is 10.5 Å². The van der Waals surface area contributed by atoms with E-state index in [-0.39, 0.29) is 0 Å². The third-order valence-electron chi connectivity index (χ3n) is 3.27. The molecule has 0 bridgehead atoms. The second kappa shape index (κ2) is 4.72. The molecule has 0 radical (unpaired) electrons. The zero-order valence-electron chi connectivity index (χ0n) is 11.3. The lowest BCUT2D eigenvalue weighted by Crippen LogP contribution is -2.09. The van der Waals surface area contributed by atoms with Crippen molar-refractivity contribution in [3.63, 3.8) is 0 Å². The number of anilines is 1. The van der Waals surface area contributed by atoms with Crippen molar-refractivity contribution in [1.82, 2.24) is 9.78 Å². The zero-order chi connectivity index (χ0) is 13.3. The van der Waals surface area contributed by atoms with E-state index in [1.807, 2.05) is 26.0 Å². The lowest BCUT2D eigenvalue weighted by Gasteiger charge is -2.09. The van der Waals surface area contributed by atoms with Crippen molar-refractivity contribution in [1.29, 1.82) is 0 Å². The van der Waals surface area contributed by atoms with Gasteiger partial charge >= 0.3 is 0 Å². The number of aryl methyl sites for hydroxylation is 3. The van der Waals surface area contributed by atoms with E-state index in [1.165, 1.54) is 11.1 Å². The van der Waals surface area contributed by atoms with Gasteiger partial charge in [-0.1, -0.05) is 6.07 Å². The van der Waals surface area contributed by atoms with Gasteiger partial charge in [0.25, 0.3) is 0 Å². The average molecular weight is 245 g/mol. The lowest BCUT2D eigenvalue weighted by molar-refractivity contribution is 0.218. The van der Waals surface area contributed by atoms with E-state index in [0.29, 0.717) is 6.73 Å². The fourth-order valence-corrected chi connectivity index (χ4v) is 1.78. The maximum atomic E-state index is 5.88. The lowest BCUT2D eigenvalue weighted by atomic mass is 10.1. The van der Waals surface area contributed by atoms with Crippen LogP contribution in [0, 0.1) is 27.7 Å². The molecule has 0 aliphatic heterocycles. The van der Waals surface area contributed by atoms with Gasteiger partial charge < -0.3 is 10.5 Å². The summed E-state index contributed by atoms with van der Waals surface area (Å²) in [5, 5.41) is 4.33. The van der Waals surface area contributed by atoms with Gasteiger partial charge in [0.2, 0.25) is 0 Å². The molecule has 4 heteroatoms. The monoisotopic (exact) mass is 245 g/mol. The van der Waals surface area contributed by atoms with Gasteiger partial charge in [-0.2, -0.15) is 5.10 Å². The van der Waals surface area contributed by atoms with Gasteiger partial charge in [0.1, 0.15) is 5.75 Å². The van der Waals surface area contributed by atoms with Crippen LogP contribution >= 0.6 is 0 Å². The Morgan fingerprint density at radius 1 is 1.17 bits per heavy atom. The topological polar surface area (TPSA) is 53.1 Å². The standard InChI is InChI=1S/C14H19N3O/c1-9-5-6-13(7-10(9)2)18-8-17-12(4)14(15)11(3)16-17/h5-7H,8,15H2,1-4H3. The maximum absolute atomic E-state index is 5.88. The SMILES string of the molecule is Cc1ccc(OCn2nc(C)c(N)c2C)cc1C. The van der Waals surface area contributed by atoms with Crippen molar-refractivity contribution < 1.29 is 4.74 Å². The second-order valence-electron chi connectivity index (χ2n) is 4.60. The van der Waals surface area contributed by atoms with Gasteiger partial charge in [0.15, 0.2) is 6.73 Å². The molecule has 0 spiro atoms. The van der Waals surface area contributed by atoms with Crippen LogP contribution in [-0.4, -0.2) is 9.78 Å². The van der Waals surface area contributed by atoms with Crippen LogP contribution in [-0.2, 0) is 6.73 Å². The highest BCUT2D eigenvalue weighted by Gasteiger charge is 2.08. The van der Waals surface area contributed by atoms with E-state index in [4.69, 9.17) is 10.5 Å². The number of nitrogens with zero attached hydrogens (tertiary/aromatic N) is 2. The van der Waals surface area contributed by atoms with Gasteiger partial charge in [-0.05, 0) is 51.0 Å². The quantitative estimate of drug-likeness (QED) is 0.904. The Balaban J connectivity index is 2.11. The van der Waals surface area contributed by atoms with E-state index in [0.717, 1.165) is 22.8 Å². The summed E-state index contributed by atoms with van der Waals surface area (Å²) in [6, 6.07) is 6.06. The summed E-state index contributed by atoms with van der Waals surface area (Å²) in [6.07, 6.45) is 0. The van der Waals surface area contributed by atoms with Gasteiger partial charge in [0.05, 0.1) is 17.1 Å². The molecular weight excluding hydrogens is 226 g/mol. The van der Waals surface area contributed by atoms with Crippen LogP contribution in [0.2, 0.25) is 0 Å². The van der Waals surface area contributed by atoms with E-state index in [9.17, 15) is 0 Å². The molecule has 0 aliphatic rings. The summed E-state index contributed by atoms with van der Waals surface area (Å²) in [6.45, 7) is 8.38. The molecule has 18 heavy (non-hydrogen) atoms. The molecule has 0 unspecified atom stereocenters. The molecule has 1 heterocycles. The van der Waals surface area contributed by atoms with Crippen molar-refractivity contribution in [2.45, 2.75) is 34.4 Å². The van der Waals surface area contributed by atoms with E-state index in [1.54, 1.807) is 4.68 Å². The predicted octanol–water partition coefficient (Wildman–Crippen LogP) is 2.74. The molecule has 96 valence electrons. The van der Waals surface area contributed by atoms with E-state index >= 15 is 0 Å². The van der Waals surface area contributed by atoms with Crippen molar-refractivity contribution in [3.05, 3.63) is 40.7 Å². The molecule has 0 amide bonds. The molecule has 2 rings (SSSR count). The van der Waals surface area contributed by atoms with Gasteiger partial charge in [-0.3, -0.25) is 0 Å². The molecule has 0 atom stereocenters. The van der Waals surface area contributed by atoms with Crippen molar-refractivity contribution in [2.75, 3.05) is 5.73 Å². The Bertz CT molecular complexity index is 573. The Kier molecular flexibility index (Phi) is 3.28. The number of aromatic nitrogens is 2. The molecular formula is C14H19N3O. The summed E-state index contributed by atoms with van der Waals surface area (Å²) in [5.41, 5.74) is 10.9. The summed E-state index contributed by atoms with van der Waals surface area (Å²) in [7, 11) is 0. The van der Waals surface area contributed by atoms with Crippen LogP contribution in [0.3, 0.4) is 0 Å². The number of benzene rings is 1. The molecule has 0 saturated carbocycles. The third-order valence-corrected chi connectivity index (χ3v) is 3.27. The summed E-state index contributed by atoms with van der Waals surface area (Å²) < 4.78 is 7.50. The van der Waals surface area contributed by atoms with Crippen LogP contribution in [0.25, 0.3) is 0 Å². The highest BCUT2D eigenvalue weighted by atomic mass is 16.5. The van der Waals surface area contributed by atoms with Crippen LogP contribution in [0.5, 0.6) is 5.75 Å². The molecule has 4 nitrogen and oxygen atoms in total. The molecule has 0 fully saturated rings. The first-order chi connectivity index (χ1) is 8.49. The number of ether oxygens (including phenoxy) is 1. The first-order valence-electron chi connectivity index (χ1n) is 5.98. The molecule has 1 aromatic carbocycles. The number of rotatable bonds is 3. The van der Waals surface area contributed by atoms with E-state index < -0.39 is 0 Å². The number of hydrogen-bond donors (Lipinski definition) is 1. The Morgan fingerprint density at radius 2 is 1.89 bits per heavy atom. The Morgan fingerprint density at radius 3 is 2.44 bits per heavy atom. The van der Waals surface area contributed by atoms with E-state index in [2.05, 4.69) is 25.0 Å². The Hall–Kier alpha value is -1.97. The number of hydrogen-bond acceptors (Lipinski definition) is 3. The Labute approximate surface area is 107 Å². The fraction of sp³-hybridized carbons (Fsp3) is 0.357. The van der Waals surface area contributed by atoms with Crippen LogP contribution in [0.4, 0.5) is 5.69 Å². The summed E-state index contributed by atoms with van der Waals surface area (Å²) in [4.78, 5) is 0. The fourth-order valence-electron chi connectivity index (χ4n) is 1.78. The molecule has 0 saturated heterocycles. The minimum absolute atomic E-state index is 0.381. The molecule has 1 aromatic heterocycles. The highest BCUT2D eigenvalue weighted by molar-refractivity contribution is 5.46. The minimum Gasteiger partial charge on any atom is -0.471 e. The number of nitrogens with two attached hydrogens (primary N) is 1. The van der Waals surface area contributed by atoms with Crippen molar-refractivity contribution in [3.8, 4) is 5.75 Å². The van der Waals surface area contributed by atoms with Gasteiger partial charge in [0, 0.05) is 0 Å². The number of nitrogen functional groups attached to an aromatic ring is 1. The minimum atomic E-state index is 0.381. The molecule has 0 aliphatic carbocycles. The first-order valence-corrected chi connectivity index (χ1v) is 5.98. The normalized spacial score (nSPS) is 10.7. The van der Waals surface area contributed by atoms with Crippen molar-refractivity contribution >= 4 is 5.69 Å². The summed E-state index contributed by atoms with van der Waals surface area (Å²) in [5.74, 6) is 0.851. The first kappa shape index (κ1) is 12.5. The zero-order valence-corrected chi connectivity index (χ0v) is 11.3. The largest absolute Gasteiger partial charge is 0.471 e. The van der Waals surface area contributed by atoms with Crippen LogP contribution in [0.1, 0.15) is 22.5 Å². The average Bonchev–Trinajstić information content (AvgIpc) is 2.58. The second-order valence-corrected chi connectivity index (χ2v) is 4.60. The maximum Gasteiger partial charge on any atom is 0.181 e. The van der Waals surface area contributed by atoms with Gasteiger partial charge in [-0.25, -0.2) is 4.68 Å². The predicted molar refractivity (Wildman–Crippen MR) is 72.7 cm³/mol. The molecule has 2 N–H and O–H groups in total. The summed E-state index contributed by atoms with van der Waals surface area (Å²) >= 11 is 0. The third kappa shape index (κ3) is 2.32. The van der Waals surface area contributed by atoms with Crippen LogP contribution in [0.15, 0.2) is 18.2 Å². The highest BCUT2D eigenvalue weighted by Crippen LogP contribution is 2.18. The smallest absolute Gasteiger partial charge is 0.181 e. The molecule has 2 aromatic rings. The van der Waals surface area contributed by atoms with Crippen molar-refractivity contribution in [2.24, 2.45) is 0 Å². The van der Waals surface area contributed by atoms with Gasteiger partial charge in [-0.15, -0.1) is 0 Å².